The monoisotopic (exact) mass is 898 g/mol. The molecule has 0 saturated carbocycles. The van der Waals surface area contributed by atoms with Gasteiger partial charge in [-0.1, -0.05) is 79.7 Å². The molecular weight excluding hydrogens is 853 g/mol. The molecule has 0 aliphatic carbocycles. The molecule has 7 aromatic carbocycles. The standard InChI is InChI=1S/C56H46N6O6/c1-25(2)35-17-33(63)18-36(26(3)4)51(35)61-53(65)39-21-47-48(22-40(39)54(61)66)58-44-14-30-10-12-32-16-46-45(15-31(32)11-9-29(30)13-43(44)57-47)59-49-23-41-42(24-50(49)60-46)56(68)62(55(41)67)52-37(27(5)6)19-34(64)20-38(52)28(7)8/h9-28,63-64H,1-8H3. The van der Waals surface area contributed by atoms with E-state index in [-0.39, 0.29) is 56.7 Å². The summed E-state index contributed by atoms with van der Waals surface area (Å²) in [7, 11) is 0. The topological polar surface area (TPSA) is 170 Å². The highest BCUT2D eigenvalue weighted by Crippen LogP contribution is 2.37. The van der Waals surface area contributed by atoms with Gasteiger partial charge in [0.15, 0.2) is 0 Å². The van der Waals surface area contributed by atoms with Crippen molar-refractivity contribution in [2.45, 2.75) is 79.1 Å². The summed E-state index contributed by atoms with van der Waals surface area (Å²) in [6.45, 7) is 15.8. The molecule has 12 nitrogen and oxygen atoms in total. The Morgan fingerprint density at radius 1 is 0.338 bits per heavy atom. The van der Waals surface area contributed by atoms with Gasteiger partial charge in [-0.25, -0.2) is 29.1 Å². The fourth-order valence-corrected chi connectivity index (χ4v) is 9.93. The summed E-state index contributed by atoms with van der Waals surface area (Å²) < 4.78 is 2.49. The van der Waals surface area contributed by atoms with Gasteiger partial charge in [0.05, 0.1) is 77.1 Å². The fourth-order valence-electron chi connectivity index (χ4n) is 9.93. The molecule has 0 radical (unpaired) electrons. The number of aromatic nitrogens is 6. The van der Waals surface area contributed by atoms with Gasteiger partial charge in [0.2, 0.25) is 0 Å². The summed E-state index contributed by atoms with van der Waals surface area (Å²) in [5, 5.41) is 25.7. The maximum absolute atomic E-state index is 14.2. The van der Waals surface area contributed by atoms with E-state index in [1.807, 2.05) is 104 Å². The van der Waals surface area contributed by atoms with Gasteiger partial charge in [0.1, 0.15) is 11.5 Å². The van der Waals surface area contributed by atoms with Crippen LogP contribution in [0.3, 0.4) is 0 Å². The molecular formula is C56H46N6O6. The lowest BCUT2D eigenvalue weighted by molar-refractivity contribution is 0.472. The number of nitrogens with zero attached hydrogens (tertiary/aromatic N) is 6. The molecule has 0 bridgehead atoms. The van der Waals surface area contributed by atoms with Crippen molar-refractivity contribution in [2.75, 3.05) is 0 Å². The summed E-state index contributed by atoms with van der Waals surface area (Å²) in [6.07, 6.45) is 0. The number of aromatic hydroxyl groups is 2. The minimum Gasteiger partial charge on any atom is -0.508 e. The van der Waals surface area contributed by atoms with Crippen LogP contribution in [0.2, 0.25) is 0 Å². The molecule has 4 aromatic heterocycles. The van der Waals surface area contributed by atoms with Gasteiger partial charge in [0.25, 0.3) is 22.2 Å². The first-order chi connectivity index (χ1) is 32.4. The third-order valence-corrected chi connectivity index (χ3v) is 13.4. The van der Waals surface area contributed by atoms with Crippen molar-refractivity contribution in [2.24, 2.45) is 0 Å². The van der Waals surface area contributed by atoms with Gasteiger partial charge in [-0.05, 0) is 140 Å². The predicted molar refractivity (Wildman–Crippen MR) is 272 cm³/mol. The van der Waals surface area contributed by atoms with E-state index >= 15 is 0 Å². The smallest absolute Gasteiger partial charge is 0.266 e. The predicted octanol–water partition coefficient (Wildman–Crippen LogP) is 10.9. The van der Waals surface area contributed by atoms with Crippen molar-refractivity contribution in [1.29, 1.82) is 0 Å². The van der Waals surface area contributed by atoms with Crippen LogP contribution < -0.4 is 22.2 Å². The molecule has 0 aliphatic rings. The maximum Gasteiger partial charge on any atom is 0.266 e. The summed E-state index contributed by atoms with van der Waals surface area (Å²) in [4.78, 5) is 76.6. The molecule has 68 heavy (non-hydrogen) atoms. The maximum atomic E-state index is 14.2. The molecule has 2 N–H and O–H groups in total. The van der Waals surface area contributed by atoms with Gasteiger partial charge in [0, 0.05) is 0 Å². The Labute approximate surface area is 387 Å². The van der Waals surface area contributed by atoms with E-state index in [0.29, 0.717) is 77.8 Å². The Bertz CT molecular complexity index is 3750. The summed E-state index contributed by atoms with van der Waals surface area (Å²) in [5.74, 6) is -0.0991. The second kappa shape index (κ2) is 15.2. The number of hydrogen-bond acceptors (Lipinski definition) is 10. The Kier molecular flexibility index (Phi) is 9.51. The molecule has 0 spiro atoms. The van der Waals surface area contributed by atoms with Crippen LogP contribution in [0.25, 0.3) is 98.6 Å². The van der Waals surface area contributed by atoms with E-state index < -0.39 is 22.2 Å². The average Bonchev–Trinajstić information content (AvgIpc) is 3.67. The summed E-state index contributed by atoms with van der Waals surface area (Å²) >= 11 is 0. The van der Waals surface area contributed by atoms with Crippen LogP contribution >= 0.6 is 0 Å². The van der Waals surface area contributed by atoms with E-state index in [0.717, 1.165) is 21.5 Å². The Hall–Kier alpha value is -8.12. The molecule has 0 saturated heterocycles. The van der Waals surface area contributed by atoms with Gasteiger partial charge < -0.3 is 10.2 Å². The summed E-state index contributed by atoms with van der Waals surface area (Å²) in [5.41, 5.74) is 6.51. The van der Waals surface area contributed by atoms with E-state index in [9.17, 15) is 29.4 Å². The first kappa shape index (κ1) is 42.5. The fraction of sp³-hybridized carbons (Fsp3) is 0.214. The van der Waals surface area contributed by atoms with Crippen LogP contribution in [0.15, 0.2) is 116 Å². The normalized spacial score (nSPS) is 12.4. The zero-order valence-electron chi connectivity index (χ0n) is 38.8. The SMILES string of the molecule is CC(C)c1cc(O)cc(C(C)C)c1-n1c(=O)c2cc3nc4cc5ccc6cc7nc8cc9c(=O)n(-c%10c(C(C)C)cc(O)cc%10C(C)C)c(=O)c9cc8nc7cc6ccc5cc4nc3cc2c1=O. The average molecular weight is 899 g/mol. The van der Waals surface area contributed by atoms with Crippen LogP contribution in [-0.4, -0.2) is 39.3 Å². The molecule has 0 unspecified atom stereocenters. The third-order valence-electron chi connectivity index (χ3n) is 13.4. The highest BCUT2D eigenvalue weighted by Gasteiger charge is 2.26. The van der Waals surface area contributed by atoms with E-state index in [1.54, 1.807) is 48.5 Å². The van der Waals surface area contributed by atoms with Gasteiger partial charge in [-0.3, -0.25) is 19.2 Å². The molecule has 0 fully saturated rings. The Morgan fingerprint density at radius 2 is 0.544 bits per heavy atom. The molecule has 0 amide bonds. The zero-order valence-corrected chi connectivity index (χ0v) is 38.8. The molecule has 12 heteroatoms. The number of phenolic OH excluding ortho intramolecular Hbond substituents is 2. The van der Waals surface area contributed by atoms with Crippen molar-refractivity contribution in [3.63, 3.8) is 0 Å². The number of hydrogen-bond donors (Lipinski definition) is 2. The summed E-state index contributed by atoms with van der Waals surface area (Å²) in [6, 6.07) is 29.0. The van der Waals surface area contributed by atoms with Crippen LogP contribution in [0.4, 0.5) is 0 Å². The van der Waals surface area contributed by atoms with Crippen molar-refractivity contribution in [3.05, 3.63) is 161 Å². The van der Waals surface area contributed by atoms with E-state index in [1.165, 1.54) is 9.13 Å². The van der Waals surface area contributed by atoms with Gasteiger partial charge in [-0.15, -0.1) is 0 Å². The van der Waals surface area contributed by atoms with Crippen LogP contribution in [0.1, 0.15) is 101 Å². The largest absolute Gasteiger partial charge is 0.508 e. The molecule has 0 aliphatic heterocycles. The zero-order chi connectivity index (χ0) is 47.8. The van der Waals surface area contributed by atoms with Crippen LogP contribution in [-0.2, 0) is 0 Å². The molecule has 0 atom stereocenters. The lowest BCUT2D eigenvalue weighted by Crippen LogP contribution is -2.26. The van der Waals surface area contributed by atoms with Gasteiger partial charge >= 0.3 is 0 Å². The Morgan fingerprint density at radius 3 is 0.750 bits per heavy atom. The highest BCUT2D eigenvalue weighted by molar-refractivity contribution is 6.04. The third kappa shape index (κ3) is 6.49. The quantitative estimate of drug-likeness (QED) is 0.153. The molecule has 11 rings (SSSR count). The van der Waals surface area contributed by atoms with E-state index in [4.69, 9.17) is 19.9 Å². The van der Waals surface area contributed by atoms with E-state index in [2.05, 4.69) is 0 Å². The minimum absolute atomic E-state index is 0.0691. The van der Waals surface area contributed by atoms with Crippen molar-refractivity contribution in [1.82, 2.24) is 29.1 Å². The molecule has 11 aromatic rings. The van der Waals surface area contributed by atoms with Crippen LogP contribution in [0.5, 0.6) is 11.5 Å². The highest BCUT2D eigenvalue weighted by atomic mass is 16.3. The van der Waals surface area contributed by atoms with Crippen molar-refractivity contribution < 1.29 is 10.2 Å². The van der Waals surface area contributed by atoms with Gasteiger partial charge in [-0.2, -0.15) is 0 Å². The minimum atomic E-state index is -0.441. The Balaban J connectivity index is 1.04. The first-order valence-electron chi connectivity index (χ1n) is 22.9. The molecule has 4 heterocycles. The lowest BCUT2D eigenvalue weighted by atomic mass is 9.92. The number of rotatable bonds is 6. The lowest BCUT2D eigenvalue weighted by Gasteiger charge is -2.20. The van der Waals surface area contributed by atoms with Crippen LogP contribution in [0, 0.1) is 0 Å². The second-order valence-electron chi connectivity index (χ2n) is 19.3. The number of phenols is 2. The first-order valence-corrected chi connectivity index (χ1v) is 22.9. The van der Waals surface area contributed by atoms with Crippen molar-refractivity contribution in [3.8, 4) is 22.9 Å². The second-order valence-corrected chi connectivity index (χ2v) is 19.3. The van der Waals surface area contributed by atoms with Crippen molar-refractivity contribution >= 4 is 87.2 Å². The molecule has 336 valence electrons. The number of benzene rings is 6. The number of fused-ring (bicyclic) bond motifs is 8.